The molecule has 2 heterocycles. The normalized spacial score (nSPS) is 25.6. The predicted octanol–water partition coefficient (Wildman–Crippen LogP) is 2.14. The summed E-state index contributed by atoms with van der Waals surface area (Å²) >= 11 is 6.05. The Kier molecular flexibility index (Phi) is 4.40. The topological polar surface area (TPSA) is 34.0 Å². The average molecular weight is 257 g/mol. The summed E-state index contributed by atoms with van der Waals surface area (Å²) in [5.74, 6) is 2.47. The number of hydrogen-bond acceptors (Lipinski definition) is 3. The maximum Gasteiger partial charge on any atom is 0.141 e. The summed E-state index contributed by atoms with van der Waals surface area (Å²) < 4.78 is 2.01. The van der Waals surface area contributed by atoms with E-state index in [0.717, 1.165) is 31.9 Å². The SMILES string of the molecule is CCCn1ncnc1CN1CCC(C)C1CCl. The Morgan fingerprint density at radius 1 is 1.53 bits per heavy atom. The van der Waals surface area contributed by atoms with Crippen LogP contribution in [0.2, 0.25) is 0 Å². The van der Waals surface area contributed by atoms with Crippen molar-refractivity contribution in [1.82, 2.24) is 19.7 Å². The van der Waals surface area contributed by atoms with E-state index >= 15 is 0 Å². The fourth-order valence-corrected chi connectivity index (χ4v) is 3.02. The van der Waals surface area contributed by atoms with E-state index in [0.29, 0.717) is 17.8 Å². The van der Waals surface area contributed by atoms with Crippen LogP contribution in [-0.4, -0.2) is 38.1 Å². The lowest BCUT2D eigenvalue weighted by Crippen LogP contribution is -2.34. The molecule has 5 heteroatoms. The van der Waals surface area contributed by atoms with Crippen molar-refractivity contribution in [3.05, 3.63) is 12.2 Å². The highest BCUT2D eigenvalue weighted by molar-refractivity contribution is 6.18. The smallest absolute Gasteiger partial charge is 0.141 e. The third-order valence-electron chi connectivity index (χ3n) is 3.63. The van der Waals surface area contributed by atoms with Crippen LogP contribution >= 0.6 is 11.6 Å². The maximum atomic E-state index is 6.05. The number of hydrogen-bond donors (Lipinski definition) is 0. The highest BCUT2D eigenvalue weighted by atomic mass is 35.5. The Labute approximate surface area is 108 Å². The van der Waals surface area contributed by atoms with Crippen molar-refractivity contribution in [1.29, 1.82) is 0 Å². The number of alkyl halides is 1. The molecule has 0 aromatic carbocycles. The molecular weight excluding hydrogens is 236 g/mol. The molecule has 1 aromatic heterocycles. The third kappa shape index (κ3) is 2.80. The minimum absolute atomic E-state index is 0.489. The molecular formula is C12H21ClN4. The van der Waals surface area contributed by atoms with Gasteiger partial charge >= 0.3 is 0 Å². The second kappa shape index (κ2) is 5.83. The summed E-state index contributed by atoms with van der Waals surface area (Å²) in [5.41, 5.74) is 0. The molecule has 0 spiro atoms. The van der Waals surface area contributed by atoms with Crippen LogP contribution in [0.1, 0.15) is 32.5 Å². The first kappa shape index (κ1) is 12.8. The zero-order valence-electron chi connectivity index (χ0n) is 10.6. The molecule has 1 aromatic rings. The largest absolute Gasteiger partial charge is 0.291 e. The van der Waals surface area contributed by atoms with Gasteiger partial charge in [0.25, 0.3) is 0 Å². The van der Waals surface area contributed by atoms with Gasteiger partial charge in [0.15, 0.2) is 0 Å². The van der Waals surface area contributed by atoms with E-state index in [1.54, 1.807) is 6.33 Å². The van der Waals surface area contributed by atoms with Gasteiger partial charge in [-0.3, -0.25) is 4.90 Å². The van der Waals surface area contributed by atoms with E-state index in [9.17, 15) is 0 Å². The Bertz CT molecular complexity index is 352. The number of aryl methyl sites for hydroxylation is 1. The summed E-state index contributed by atoms with van der Waals surface area (Å²) in [6, 6.07) is 0.489. The van der Waals surface area contributed by atoms with E-state index in [-0.39, 0.29) is 0 Å². The monoisotopic (exact) mass is 256 g/mol. The van der Waals surface area contributed by atoms with Gasteiger partial charge in [-0.15, -0.1) is 11.6 Å². The molecule has 1 fully saturated rings. The molecule has 0 radical (unpaired) electrons. The van der Waals surface area contributed by atoms with Gasteiger partial charge in [-0.2, -0.15) is 5.10 Å². The lowest BCUT2D eigenvalue weighted by Gasteiger charge is -2.24. The lowest BCUT2D eigenvalue weighted by atomic mass is 10.1. The number of halogens is 1. The van der Waals surface area contributed by atoms with Crippen molar-refractivity contribution >= 4 is 11.6 Å². The van der Waals surface area contributed by atoms with Gasteiger partial charge in [-0.1, -0.05) is 13.8 Å². The van der Waals surface area contributed by atoms with Crippen molar-refractivity contribution in [3.63, 3.8) is 0 Å². The molecule has 2 atom stereocenters. The molecule has 96 valence electrons. The van der Waals surface area contributed by atoms with E-state index in [1.165, 1.54) is 6.42 Å². The summed E-state index contributed by atoms with van der Waals surface area (Å²) in [6.45, 7) is 7.39. The van der Waals surface area contributed by atoms with Crippen LogP contribution in [0, 0.1) is 5.92 Å². The number of likely N-dealkylation sites (tertiary alicyclic amines) is 1. The molecule has 4 nitrogen and oxygen atoms in total. The van der Waals surface area contributed by atoms with Crippen LogP contribution in [0.25, 0.3) is 0 Å². The van der Waals surface area contributed by atoms with Crippen molar-refractivity contribution in [2.75, 3.05) is 12.4 Å². The van der Waals surface area contributed by atoms with Gasteiger partial charge in [0.2, 0.25) is 0 Å². The fraction of sp³-hybridized carbons (Fsp3) is 0.833. The van der Waals surface area contributed by atoms with Gasteiger partial charge < -0.3 is 0 Å². The van der Waals surface area contributed by atoms with Gasteiger partial charge in [0.05, 0.1) is 6.54 Å². The molecule has 2 unspecified atom stereocenters. The molecule has 0 aliphatic carbocycles. The molecule has 0 saturated carbocycles. The van der Waals surface area contributed by atoms with E-state index in [2.05, 4.69) is 28.8 Å². The molecule has 1 aliphatic heterocycles. The summed E-state index contributed by atoms with van der Waals surface area (Å²) in [6.07, 6.45) is 3.98. The highest BCUT2D eigenvalue weighted by Gasteiger charge is 2.31. The van der Waals surface area contributed by atoms with Crippen molar-refractivity contribution in [3.8, 4) is 0 Å². The van der Waals surface area contributed by atoms with Crippen LogP contribution < -0.4 is 0 Å². The van der Waals surface area contributed by atoms with Crippen molar-refractivity contribution in [2.24, 2.45) is 5.92 Å². The number of aromatic nitrogens is 3. The van der Waals surface area contributed by atoms with Gasteiger partial charge in [-0.25, -0.2) is 9.67 Å². The number of nitrogens with zero attached hydrogens (tertiary/aromatic N) is 4. The summed E-state index contributed by atoms with van der Waals surface area (Å²) in [7, 11) is 0. The van der Waals surface area contributed by atoms with E-state index in [4.69, 9.17) is 11.6 Å². The molecule has 0 amide bonds. The van der Waals surface area contributed by atoms with Gasteiger partial charge in [0, 0.05) is 18.5 Å². The second-order valence-electron chi connectivity index (χ2n) is 4.86. The first-order valence-electron chi connectivity index (χ1n) is 6.43. The summed E-state index contributed by atoms with van der Waals surface area (Å²) in [5, 5.41) is 4.26. The Morgan fingerprint density at radius 3 is 3.06 bits per heavy atom. The van der Waals surface area contributed by atoms with Crippen molar-refractivity contribution in [2.45, 2.75) is 45.8 Å². The highest BCUT2D eigenvalue weighted by Crippen LogP contribution is 2.26. The quantitative estimate of drug-likeness (QED) is 0.757. The zero-order valence-corrected chi connectivity index (χ0v) is 11.4. The average Bonchev–Trinajstić information content (AvgIpc) is 2.88. The first-order chi connectivity index (χ1) is 8.26. The van der Waals surface area contributed by atoms with Crippen LogP contribution in [0.3, 0.4) is 0 Å². The van der Waals surface area contributed by atoms with Crippen molar-refractivity contribution < 1.29 is 0 Å². The third-order valence-corrected chi connectivity index (χ3v) is 3.95. The van der Waals surface area contributed by atoms with Crippen LogP contribution in [0.5, 0.6) is 0 Å². The minimum Gasteiger partial charge on any atom is -0.291 e. The lowest BCUT2D eigenvalue weighted by molar-refractivity contribution is 0.231. The first-order valence-corrected chi connectivity index (χ1v) is 6.96. The van der Waals surface area contributed by atoms with E-state index < -0.39 is 0 Å². The number of rotatable bonds is 5. The van der Waals surface area contributed by atoms with Gasteiger partial charge in [-0.05, 0) is 25.3 Å². The maximum absolute atomic E-state index is 6.05. The fourth-order valence-electron chi connectivity index (χ4n) is 2.52. The summed E-state index contributed by atoms with van der Waals surface area (Å²) in [4.78, 5) is 6.80. The van der Waals surface area contributed by atoms with Crippen LogP contribution in [0.4, 0.5) is 0 Å². The van der Waals surface area contributed by atoms with Crippen LogP contribution in [-0.2, 0) is 13.1 Å². The second-order valence-corrected chi connectivity index (χ2v) is 5.17. The molecule has 17 heavy (non-hydrogen) atoms. The molecule has 1 saturated heterocycles. The molecule has 0 bridgehead atoms. The minimum atomic E-state index is 0.489. The van der Waals surface area contributed by atoms with Gasteiger partial charge in [0.1, 0.15) is 12.2 Å². The Morgan fingerprint density at radius 2 is 2.35 bits per heavy atom. The molecule has 2 rings (SSSR count). The molecule has 0 N–H and O–H groups in total. The Balaban J connectivity index is 2.02. The van der Waals surface area contributed by atoms with E-state index in [1.807, 2.05) is 4.68 Å². The van der Waals surface area contributed by atoms with Crippen LogP contribution in [0.15, 0.2) is 6.33 Å². The Hall–Kier alpha value is -0.610. The standard InChI is InChI=1S/C12H21ClN4/c1-3-5-17-12(14-9-15-17)8-16-6-4-10(2)11(16)7-13/h9-11H,3-8H2,1-2H3. The molecule has 1 aliphatic rings. The zero-order chi connectivity index (χ0) is 12.3. The predicted molar refractivity (Wildman–Crippen MR) is 69.0 cm³/mol.